The topological polar surface area (TPSA) is 62.1 Å². The summed E-state index contributed by atoms with van der Waals surface area (Å²) in [6, 6.07) is 19.0. The molecule has 8 heteroatoms. The largest absolute Gasteiger partial charge is 0.488 e. The summed E-state index contributed by atoms with van der Waals surface area (Å²) in [6.07, 6.45) is -3.19. The molecule has 168 valence electrons. The van der Waals surface area contributed by atoms with Crippen LogP contribution in [0.4, 0.5) is 18.9 Å². The smallest absolute Gasteiger partial charge is 0.416 e. The van der Waals surface area contributed by atoms with Crippen LogP contribution in [-0.2, 0) is 17.6 Å². The van der Waals surface area contributed by atoms with Crippen LogP contribution in [-0.4, -0.2) is 5.91 Å². The first-order valence-corrected chi connectivity index (χ1v) is 10.5. The number of carbonyl (C=O) groups is 1. The van der Waals surface area contributed by atoms with Crippen molar-refractivity contribution in [3.8, 4) is 11.8 Å². The number of rotatable bonds is 6. The highest BCUT2D eigenvalue weighted by molar-refractivity contribution is 9.10. The molecule has 0 radical (unpaired) electrons. The van der Waals surface area contributed by atoms with E-state index in [0.29, 0.717) is 22.4 Å². The van der Waals surface area contributed by atoms with Gasteiger partial charge in [-0.25, -0.2) is 0 Å². The number of anilines is 1. The Hall–Kier alpha value is -3.57. The fraction of sp³-hybridized carbons (Fsp3) is 0.120. The lowest BCUT2D eigenvalue weighted by atomic mass is 10.1. The predicted octanol–water partition coefficient (Wildman–Crippen LogP) is 6.90. The van der Waals surface area contributed by atoms with Gasteiger partial charge in [0.25, 0.3) is 5.91 Å². The zero-order valence-electron chi connectivity index (χ0n) is 17.4. The SMILES string of the molecule is Cc1ccc(COc2ccc(/C=C(\C#N)C(=O)Nc3cccc(C(F)(F)F)c3)cc2Br)cc1. The van der Waals surface area contributed by atoms with Crippen LogP contribution in [0.1, 0.15) is 22.3 Å². The maximum Gasteiger partial charge on any atom is 0.416 e. The Morgan fingerprint density at radius 1 is 1.12 bits per heavy atom. The van der Waals surface area contributed by atoms with Gasteiger partial charge in [-0.05, 0) is 70.4 Å². The summed E-state index contributed by atoms with van der Waals surface area (Å²) in [4.78, 5) is 12.4. The van der Waals surface area contributed by atoms with Gasteiger partial charge in [0, 0.05) is 5.69 Å². The molecule has 0 fully saturated rings. The van der Waals surface area contributed by atoms with Crippen LogP contribution in [0.2, 0.25) is 0 Å². The highest BCUT2D eigenvalue weighted by atomic mass is 79.9. The second-order valence-corrected chi connectivity index (χ2v) is 8.02. The van der Waals surface area contributed by atoms with Crippen molar-refractivity contribution in [2.45, 2.75) is 19.7 Å². The summed E-state index contributed by atoms with van der Waals surface area (Å²) >= 11 is 3.42. The van der Waals surface area contributed by atoms with E-state index in [1.165, 1.54) is 18.2 Å². The Bertz CT molecular complexity index is 1230. The van der Waals surface area contributed by atoms with E-state index in [1.807, 2.05) is 31.2 Å². The Balaban J connectivity index is 1.71. The van der Waals surface area contributed by atoms with Crippen LogP contribution in [0.15, 0.2) is 76.8 Å². The van der Waals surface area contributed by atoms with Crippen molar-refractivity contribution in [2.24, 2.45) is 0 Å². The van der Waals surface area contributed by atoms with E-state index in [1.54, 1.807) is 24.3 Å². The fourth-order valence-electron chi connectivity index (χ4n) is 2.86. The summed E-state index contributed by atoms with van der Waals surface area (Å²) in [6.45, 7) is 2.37. The molecule has 3 aromatic carbocycles. The third-order valence-corrected chi connectivity index (χ3v) is 5.21. The molecular weight excluding hydrogens is 497 g/mol. The molecule has 0 spiro atoms. The van der Waals surface area contributed by atoms with Crippen molar-refractivity contribution in [1.82, 2.24) is 0 Å². The first-order valence-electron chi connectivity index (χ1n) is 9.74. The summed E-state index contributed by atoms with van der Waals surface area (Å²) < 4.78 is 45.0. The Morgan fingerprint density at radius 2 is 1.85 bits per heavy atom. The summed E-state index contributed by atoms with van der Waals surface area (Å²) in [7, 11) is 0. The number of nitriles is 1. The van der Waals surface area contributed by atoms with Crippen LogP contribution in [0.25, 0.3) is 6.08 Å². The third-order valence-electron chi connectivity index (χ3n) is 4.59. The summed E-state index contributed by atoms with van der Waals surface area (Å²) in [5.74, 6) is -0.229. The quantitative estimate of drug-likeness (QED) is 0.287. The van der Waals surface area contributed by atoms with Gasteiger partial charge in [0.15, 0.2) is 0 Å². The number of hydrogen-bond acceptors (Lipinski definition) is 3. The molecule has 0 aliphatic carbocycles. The molecule has 1 N–H and O–H groups in total. The van der Waals surface area contributed by atoms with Crippen LogP contribution in [0.5, 0.6) is 5.75 Å². The van der Waals surface area contributed by atoms with Gasteiger partial charge < -0.3 is 10.1 Å². The maximum absolute atomic E-state index is 12.9. The standard InChI is InChI=1S/C25H18BrF3N2O2/c1-16-5-7-17(8-6-16)15-33-23-10-9-18(12-22(23)26)11-19(14-30)24(32)31-21-4-2-3-20(13-21)25(27,28)29/h2-13H,15H2,1H3,(H,31,32)/b19-11+. The highest BCUT2D eigenvalue weighted by Crippen LogP contribution is 2.31. The Labute approximate surface area is 197 Å². The van der Waals surface area contributed by atoms with Crippen molar-refractivity contribution >= 4 is 33.6 Å². The molecule has 3 aromatic rings. The van der Waals surface area contributed by atoms with E-state index in [-0.39, 0.29) is 11.3 Å². The minimum absolute atomic E-state index is 0.0583. The van der Waals surface area contributed by atoms with Crippen molar-refractivity contribution in [3.05, 3.63) is 99.0 Å². The van der Waals surface area contributed by atoms with Crippen LogP contribution >= 0.6 is 15.9 Å². The van der Waals surface area contributed by atoms with Crippen molar-refractivity contribution in [1.29, 1.82) is 5.26 Å². The second kappa shape index (κ2) is 10.4. The van der Waals surface area contributed by atoms with Gasteiger partial charge in [-0.15, -0.1) is 0 Å². The number of carbonyl (C=O) groups excluding carboxylic acids is 1. The molecule has 1 amide bonds. The molecule has 0 unspecified atom stereocenters. The molecule has 0 saturated carbocycles. The zero-order valence-corrected chi connectivity index (χ0v) is 19.0. The number of hydrogen-bond donors (Lipinski definition) is 1. The molecule has 0 saturated heterocycles. The number of nitrogens with one attached hydrogen (secondary N) is 1. The minimum atomic E-state index is -4.54. The second-order valence-electron chi connectivity index (χ2n) is 7.17. The number of halogens is 4. The van der Waals surface area contributed by atoms with E-state index in [2.05, 4.69) is 21.2 Å². The van der Waals surface area contributed by atoms with Gasteiger partial charge in [-0.1, -0.05) is 42.0 Å². The van der Waals surface area contributed by atoms with E-state index >= 15 is 0 Å². The van der Waals surface area contributed by atoms with E-state index in [0.717, 1.165) is 23.3 Å². The molecule has 0 aliphatic rings. The summed E-state index contributed by atoms with van der Waals surface area (Å²) in [5, 5.41) is 11.7. The average Bonchev–Trinajstić information content (AvgIpc) is 2.77. The molecule has 0 heterocycles. The first-order chi connectivity index (χ1) is 15.7. The molecule has 0 atom stereocenters. The van der Waals surface area contributed by atoms with Crippen LogP contribution in [0.3, 0.4) is 0 Å². The van der Waals surface area contributed by atoms with Gasteiger partial charge in [0.2, 0.25) is 0 Å². The van der Waals surface area contributed by atoms with E-state index in [9.17, 15) is 23.2 Å². The molecule has 3 rings (SSSR count). The average molecular weight is 515 g/mol. The van der Waals surface area contributed by atoms with Gasteiger partial charge in [-0.2, -0.15) is 18.4 Å². The molecular formula is C25H18BrF3N2O2. The monoisotopic (exact) mass is 514 g/mol. The van der Waals surface area contributed by atoms with Gasteiger partial charge in [0.1, 0.15) is 24.0 Å². The molecule has 0 bridgehead atoms. The van der Waals surface area contributed by atoms with Gasteiger partial charge in [-0.3, -0.25) is 4.79 Å². The lowest BCUT2D eigenvalue weighted by Crippen LogP contribution is -2.14. The lowest BCUT2D eigenvalue weighted by molar-refractivity contribution is -0.137. The van der Waals surface area contributed by atoms with E-state index in [4.69, 9.17) is 4.74 Å². The van der Waals surface area contributed by atoms with Crippen molar-refractivity contribution in [2.75, 3.05) is 5.32 Å². The van der Waals surface area contributed by atoms with Crippen molar-refractivity contribution in [3.63, 3.8) is 0 Å². The molecule has 4 nitrogen and oxygen atoms in total. The predicted molar refractivity (Wildman–Crippen MR) is 123 cm³/mol. The molecule has 0 aromatic heterocycles. The molecule has 0 aliphatic heterocycles. The molecule has 33 heavy (non-hydrogen) atoms. The zero-order chi connectivity index (χ0) is 24.0. The van der Waals surface area contributed by atoms with Gasteiger partial charge >= 0.3 is 6.18 Å². The lowest BCUT2D eigenvalue weighted by Gasteiger charge is -2.10. The fourth-order valence-corrected chi connectivity index (χ4v) is 3.37. The summed E-state index contributed by atoms with van der Waals surface area (Å²) in [5.41, 5.74) is 1.49. The number of ether oxygens (including phenoxy) is 1. The minimum Gasteiger partial charge on any atom is -0.488 e. The van der Waals surface area contributed by atoms with Crippen LogP contribution < -0.4 is 10.1 Å². The van der Waals surface area contributed by atoms with Gasteiger partial charge in [0.05, 0.1) is 10.0 Å². The van der Waals surface area contributed by atoms with Crippen LogP contribution in [0, 0.1) is 18.3 Å². The number of aryl methyl sites for hydroxylation is 1. The first kappa shape index (κ1) is 24.1. The number of benzene rings is 3. The normalized spacial score (nSPS) is 11.6. The highest BCUT2D eigenvalue weighted by Gasteiger charge is 2.30. The number of nitrogens with zero attached hydrogens (tertiary/aromatic N) is 1. The third kappa shape index (κ3) is 6.70. The number of amides is 1. The van der Waals surface area contributed by atoms with E-state index < -0.39 is 17.6 Å². The Kier molecular flexibility index (Phi) is 7.56. The van der Waals surface area contributed by atoms with Crippen molar-refractivity contribution < 1.29 is 22.7 Å². The number of alkyl halides is 3. The Morgan fingerprint density at radius 3 is 2.48 bits per heavy atom. The maximum atomic E-state index is 12.9.